The molecule has 0 bridgehead atoms. The lowest BCUT2D eigenvalue weighted by Crippen LogP contribution is -2.50. The fraction of sp³-hybridized carbons (Fsp3) is 0.238. The van der Waals surface area contributed by atoms with Crippen LogP contribution in [0.2, 0.25) is 0 Å². The van der Waals surface area contributed by atoms with Gasteiger partial charge in [0, 0.05) is 43.4 Å². The van der Waals surface area contributed by atoms with Crippen molar-refractivity contribution >= 4 is 22.5 Å². The summed E-state index contributed by atoms with van der Waals surface area (Å²) in [6, 6.07) is 19.9. The number of rotatable bonds is 4. The quantitative estimate of drug-likeness (QED) is 0.728. The van der Waals surface area contributed by atoms with E-state index in [1.807, 2.05) is 53.4 Å². The zero-order valence-electron chi connectivity index (χ0n) is 14.5. The summed E-state index contributed by atoms with van der Waals surface area (Å²) < 4.78 is 5.78. The first-order valence-electron chi connectivity index (χ1n) is 8.85. The van der Waals surface area contributed by atoms with E-state index in [2.05, 4.69) is 22.0 Å². The number of hydrogen-bond acceptors (Lipinski definition) is 4. The van der Waals surface area contributed by atoms with Gasteiger partial charge in [0.15, 0.2) is 6.61 Å². The van der Waals surface area contributed by atoms with E-state index >= 15 is 0 Å². The van der Waals surface area contributed by atoms with E-state index in [1.54, 1.807) is 6.20 Å². The van der Waals surface area contributed by atoms with Crippen molar-refractivity contribution in [2.24, 2.45) is 0 Å². The molecular weight excluding hydrogens is 326 g/mol. The first-order valence-corrected chi connectivity index (χ1v) is 8.85. The molecular formula is C21H21N3O2. The monoisotopic (exact) mass is 347 g/mol. The second-order valence-corrected chi connectivity index (χ2v) is 6.32. The Morgan fingerprint density at radius 1 is 0.923 bits per heavy atom. The Kier molecular flexibility index (Phi) is 4.69. The Labute approximate surface area is 152 Å². The van der Waals surface area contributed by atoms with E-state index in [4.69, 9.17) is 4.74 Å². The van der Waals surface area contributed by atoms with E-state index in [0.29, 0.717) is 18.8 Å². The van der Waals surface area contributed by atoms with Gasteiger partial charge in [-0.05, 0) is 24.3 Å². The summed E-state index contributed by atoms with van der Waals surface area (Å²) in [5, 5.41) is 1.01. The number of fused-ring (bicyclic) bond motifs is 1. The maximum Gasteiger partial charge on any atom is 0.260 e. The largest absolute Gasteiger partial charge is 0.481 e. The number of carbonyl (C=O) groups is 1. The van der Waals surface area contributed by atoms with Crippen LogP contribution < -0.4 is 9.64 Å². The molecule has 2 heterocycles. The van der Waals surface area contributed by atoms with Crippen molar-refractivity contribution < 1.29 is 9.53 Å². The third kappa shape index (κ3) is 3.47. The van der Waals surface area contributed by atoms with Crippen LogP contribution in [0.3, 0.4) is 0 Å². The predicted molar refractivity (Wildman–Crippen MR) is 102 cm³/mol. The van der Waals surface area contributed by atoms with Crippen LogP contribution in [-0.4, -0.2) is 48.6 Å². The van der Waals surface area contributed by atoms with Crippen molar-refractivity contribution in [2.75, 3.05) is 37.7 Å². The lowest BCUT2D eigenvalue weighted by molar-refractivity contribution is -0.133. The van der Waals surface area contributed by atoms with E-state index < -0.39 is 0 Å². The van der Waals surface area contributed by atoms with E-state index in [9.17, 15) is 4.79 Å². The summed E-state index contributed by atoms with van der Waals surface area (Å²) in [5.74, 6) is 0.671. The summed E-state index contributed by atoms with van der Waals surface area (Å²) in [5.41, 5.74) is 1.99. The molecule has 1 saturated heterocycles. The molecule has 0 spiro atoms. The number of pyridine rings is 1. The van der Waals surface area contributed by atoms with Crippen molar-refractivity contribution in [1.29, 1.82) is 0 Å². The van der Waals surface area contributed by atoms with Crippen molar-refractivity contribution in [3.05, 3.63) is 66.9 Å². The van der Waals surface area contributed by atoms with Gasteiger partial charge < -0.3 is 14.5 Å². The molecule has 0 saturated carbocycles. The number of amides is 1. The average Bonchev–Trinajstić information content (AvgIpc) is 2.73. The third-order valence-corrected chi connectivity index (χ3v) is 4.70. The molecule has 1 aliphatic heterocycles. The number of para-hydroxylation sites is 2. The number of benzene rings is 2. The van der Waals surface area contributed by atoms with Gasteiger partial charge in [0.1, 0.15) is 11.3 Å². The van der Waals surface area contributed by atoms with Gasteiger partial charge in [0.25, 0.3) is 5.91 Å². The summed E-state index contributed by atoms with van der Waals surface area (Å²) in [6.45, 7) is 3.15. The van der Waals surface area contributed by atoms with Crippen LogP contribution in [0.25, 0.3) is 10.9 Å². The van der Waals surface area contributed by atoms with Crippen LogP contribution in [0.15, 0.2) is 66.9 Å². The van der Waals surface area contributed by atoms with Crippen LogP contribution in [0.1, 0.15) is 0 Å². The minimum atomic E-state index is 0.0191. The molecule has 0 radical (unpaired) electrons. The SMILES string of the molecule is O=C(COc1cccc2cccnc12)N1CCN(c2ccccc2)CC1. The first kappa shape index (κ1) is 16.4. The fourth-order valence-electron chi connectivity index (χ4n) is 3.28. The molecule has 0 atom stereocenters. The second-order valence-electron chi connectivity index (χ2n) is 6.32. The van der Waals surface area contributed by atoms with E-state index in [-0.39, 0.29) is 12.5 Å². The molecule has 0 N–H and O–H groups in total. The lowest BCUT2D eigenvalue weighted by Gasteiger charge is -2.36. The zero-order valence-corrected chi connectivity index (χ0v) is 14.5. The number of carbonyl (C=O) groups excluding carboxylic acids is 1. The smallest absolute Gasteiger partial charge is 0.260 e. The van der Waals surface area contributed by atoms with Crippen LogP contribution in [0.4, 0.5) is 5.69 Å². The van der Waals surface area contributed by atoms with E-state index in [0.717, 1.165) is 24.0 Å². The summed E-state index contributed by atoms with van der Waals surface area (Å²) in [4.78, 5) is 21.0. The molecule has 2 aromatic carbocycles. The van der Waals surface area contributed by atoms with Gasteiger partial charge in [0.2, 0.25) is 0 Å². The molecule has 132 valence electrons. The second kappa shape index (κ2) is 7.44. The van der Waals surface area contributed by atoms with Gasteiger partial charge in [-0.1, -0.05) is 36.4 Å². The fourth-order valence-corrected chi connectivity index (χ4v) is 3.28. The number of aromatic nitrogens is 1. The number of nitrogens with zero attached hydrogens (tertiary/aromatic N) is 3. The highest BCUT2D eigenvalue weighted by Crippen LogP contribution is 2.23. The summed E-state index contributed by atoms with van der Waals surface area (Å²) >= 11 is 0. The minimum absolute atomic E-state index is 0.0191. The third-order valence-electron chi connectivity index (χ3n) is 4.70. The lowest BCUT2D eigenvalue weighted by atomic mass is 10.2. The normalized spacial score (nSPS) is 14.5. The van der Waals surface area contributed by atoms with Crippen LogP contribution >= 0.6 is 0 Å². The Morgan fingerprint density at radius 3 is 2.50 bits per heavy atom. The minimum Gasteiger partial charge on any atom is -0.481 e. The summed E-state index contributed by atoms with van der Waals surface area (Å²) in [6.07, 6.45) is 1.74. The molecule has 5 nitrogen and oxygen atoms in total. The van der Waals surface area contributed by atoms with Gasteiger partial charge in [-0.2, -0.15) is 0 Å². The van der Waals surface area contributed by atoms with Crippen molar-refractivity contribution in [1.82, 2.24) is 9.88 Å². The highest BCUT2D eigenvalue weighted by molar-refractivity contribution is 5.85. The molecule has 1 amide bonds. The Balaban J connectivity index is 1.34. The molecule has 5 heteroatoms. The Hall–Kier alpha value is -3.08. The van der Waals surface area contributed by atoms with Gasteiger partial charge in [-0.15, -0.1) is 0 Å². The molecule has 3 aromatic rings. The molecule has 0 unspecified atom stereocenters. The molecule has 0 aliphatic carbocycles. The van der Waals surface area contributed by atoms with Crippen molar-refractivity contribution in [3.8, 4) is 5.75 Å². The van der Waals surface area contributed by atoms with E-state index in [1.165, 1.54) is 5.69 Å². The predicted octanol–water partition coefficient (Wildman–Crippen LogP) is 2.96. The van der Waals surface area contributed by atoms with Gasteiger partial charge in [-0.3, -0.25) is 9.78 Å². The van der Waals surface area contributed by atoms with Crippen molar-refractivity contribution in [3.63, 3.8) is 0 Å². The number of hydrogen-bond donors (Lipinski definition) is 0. The molecule has 1 aromatic heterocycles. The Bertz CT molecular complexity index is 885. The highest BCUT2D eigenvalue weighted by Gasteiger charge is 2.21. The van der Waals surface area contributed by atoms with Gasteiger partial charge in [0.05, 0.1) is 0 Å². The maximum atomic E-state index is 12.5. The van der Waals surface area contributed by atoms with Crippen LogP contribution in [0.5, 0.6) is 5.75 Å². The molecule has 4 rings (SSSR count). The van der Waals surface area contributed by atoms with Gasteiger partial charge in [-0.25, -0.2) is 0 Å². The maximum absolute atomic E-state index is 12.5. The first-order chi connectivity index (χ1) is 12.8. The zero-order chi connectivity index (χ0) is 17.8. The number of ether oxygens (including phenoxy) is 1. The topological polar surface area (TPSA) is 45.7 Å². The summed E-state index contributed by atoms with van der Waals surface area (Å²) in [7, 11) is 0. The Morgan fingerprint density at radius 2 is 1.69 bits per heavy atom. The standard InChI is InChI=1S/C21H21N3O2/c25-20(16-26-19-10-4-6-17-7-5-11-22-21(17)19)24-14-12-23(13-15-24)18-8-2-1-3-9-18/h1-11H,12-16H2. The highest BCUT2D eigenvalue weighted by atomic mass is 16.5. The molecule has 26 heavy (non-hydrogen) atoms. The van der Waals surface area contributed by atoms with Crippen molar-refractivity contribution in [2.45, 2.75) is 0 Å². The number of anilines is 1. The molecule has 1 aliphatic rings. The van der Waals surface area contributed by atoms with Gasteiger partial charge >= 0.3 is 0 Å². The number of piperazine rings is 1. The van der Waals surface area contributed by atoms with Crippen LogP contribution in [0, 0.1) is 0 Å². The molecule has 1 fully saturated rings. The average molecular weight is 347 g/mol. The van der Waals surface area contributed by atoms with Crippen LogP contribution in [-0.2, 0) is 4.79 Å².